The highest BCUT2D eigenvalue weighted by molar-refractivity contribution is 4.67. The maximum atomic E-state index is 5.44. The van der Waals surface area contributed by atoms with E-state index in [1.807, 2.05) is 13.0 Å². The van der Waals surface area contributed by atoms with Crippen molar-refractivity contribution in [2.75, 3.05) is 0 Å². The SMILES string of the molecule is C/C=C/OC(C)CCCCCCCC. The lowest BCUT2D eigenvalue weighted by Crippen LogP contribution is -2.03. The van der Waals surface area contributed by atoms with Crippen LogP contribution >= 0.6 is 0 Å². The molecular formula is C13H26O. The van der Waals surface area contributed by atoms with Gasteiger partial charge in [0.05, 0.1) is 12.4 Å². The van der Waals surface area contributed by atoms with Crippen LogP contribution in [0.5, 0.6) is 0 Å². The number of hydrogen-bond donors (Lipinski definition) is 0. The molecule has 0 radical (unpaired) electrons. The summed E-state index contributed by atoms with van der Waals surface area (Å²) in [6.07, 6.45) is 13.5. The van der Waals surface area contributed by atoms with Gasteiger partial charge in [0.2, 0.25) is 0 Å². The minimum Gasteiger partial charge on any atom is -0.499 e. The molecule has 0 aromatic carbocycles. The molecule has 0 N–H and O–H groups in total. The smallest absolute Gasteiger partial charge is 0.0950 e. The van der Waals surface area contributed by atoms with E-state index in [9.17, 15) is 0 Å². The molecule has 0 spiro atoms. The number of ether oxygens (including phenoxy) is 1. The fourth-order valence-corrected chi connectivity index (χ4v) is 1.49. The first-order valence-electron chi connectivity index (χ1n) is 6.07. The second-order valence-electron chi connectivity index (χ2n) is 3.97. The van der Waals surface area contributed by atoms with Gasteiger partial charge in [0, 0.05) is 0 Å². The molecular weight excluding hydrogens is 172 g/mol. The Labute approximate surface area is 89.5 Å². The van der Waals surface area contributed by atoms with E-state index in [2.05, 4.69) is 13.8 Å². The first-order valence-corrected chi connectivity index (χ1v) is 6.07. The minimum atomic E-state index is 0.386. The summed E-state index contributed by atoms with van der Waals surface area (Å²) >= 11 is 0. The summed E-state index contributed by atoms with van der Waals surface area (Å²) in [7, 11) is 0. The molecule has 1 nitrogen and oxygen atoms in total. The Hall–Kier alpha value is -0.460. The van der Waals surface area contributed by atoms with Crippen LogP contribution in [0.2, 0.25) is 0 Å². The van der Waals surface area contributed by atoms with Crippen LogP contribution in [0.4, 0.5) is 0 Å². The van der Waals surface area contributed by atoms with Crippen LogP contribution in [0, 0.1) is 0 Å². The molecule has 0 bridgehead atoms. The maximum Gasteiger partial charge on any atom is 0.0950 e. The fourth-order valence-electron chi connectivity index (χ4n) is 1.49. The van der Waals surface area contributed by atoms with Gasteiger partial charge >= 0.3 is 0 Å². The zero-order chi connectivity index (χ0) is 10.6. The molecule has 0 heterocycles. The molecule has 0 saturated carbocycles. The van der Waals surface area contributed by atoms with Crippen LogP contribution in [0.3, 0.4) is 0 Å². The van der Waals surface area contributed by atoms with Gasteiger partial charge in [0.1, 0.15) is 0 Å². The molecule has 0 saturated heterocycles. The minimum absolute atomic E-state index is 0.386. The second-order valence-corrected chi connectivity index (χ2v) is 3.97. The summed E-state index contributed by atoms with van der Waals surface area (Å²) in [5.74, 6) is 0. The quantitative estimate of drug-likeness (QED) is 0.386. The average molecular weight is 198 g/mol. The van der Waals surface area contributed by atoms with E-state index in [4.69, 9.17) is 4.74 Å². The van der Waals surface area contributed by atoms with Gasteiger partial charge in [-0.3, -0.25) is 0 Å². The van der Waals surface area contributed by atoms with E-state index in [1.54, 1.807) is 6.26 Å². The van der Waals surface area contributed by atoms with Crippen LogP contribution in [0.15, 0.2) is 12.3 Å². The summed E-state index contributed by atoms with van der Waals surface area (Å²) in [6, 6.07) is 0. The third-order valence-electron chi connectivity index (χ3n) is 2.41. The Morgan fingerprint density at radius 2 is 1.71 bits per heavy atom. The molecule has 0 aliphatic heterocycles. The van der Waals surface area contributed by atoms with Crippen LogP contribution in [0.1, 0.15) is 65.7 Å². The molecule has 0 amide bonds. The van der Waals surface area contributed by atoms with Gasteiger partial charge in [0.15, 0.2) is 0 Å². The Bertz CT molecular complexity index is 129. The van der Waals surface area contributed by atoms with Crippen molar-refractivity contribution < 1.29 is 4.74 Å². The van der Waals surface area contributed by atoms with Crippen molar-refractivity contribution in [1.82, 2.24) is 0 Å². The van der Waals surface area contributed by atoms with Crippen molar-refractivity contribution in [3.8, 4) is 0 Å². The molecule has 0 aliphatic rings. The molecule has 84 valence electrons. The maximum absolute atomic E-state index is 5.44. The van der Waals surface area contributed by atoms with E-state index in [0.29, 0.717) is 6.10 Å². The zero-order valence-electron chi connectivity index (χ0n) is 10.1. The number of rotatable bonds is 9. The molecule has 1 unspecified atom stereocenters. The Balaban J connectivity index is 3.10. The van der Waals surface area contributed by atoms with Crippen LogP contribution in [0.25, 0.3) is 0 Å². The molecule has 0 fully saturated rings. The van der Waals surface area contributed by atoms with Gasteiger partial charge in [0.25, 0.3) is 0 Å². The zero-order valence-corrected chi connectivity index (χ0v) is 10.1. The van der Waals surface area contributed by atoms with Crippen molar-refractivity contribution >= 4 is 0 Å². The molecule has 0 aromatic rings. The van der Waals surface area contributed by atoms with Crippen LogP contribution in [-0.4, -0.2) is 6.10 Å². The first kappa shape index (κ1) is 13.5. The predicted octanol–water partition coefficient (Wildman–Crippen LogP) is 4.68. The third-order valence-corrected chi connectivity index (χ3v) is 2.41. The summed E-state index contributed by atoms with van der Waals surface area (Å²) in [6.45, 7) is 6.39. The molecule has 14 heavy (non-hydrogen) atoms. The standard InChI is InChI=1S/C13H26O/c1-4-6-7-8-9-10-11-13(3)14-12-5-2/h5,12-13H,4,6-11H2,1-3H3/b12-5+. The van der Waals surface area contributed by atoms with Crippen LogP contribution in [-0.2, 0) is 4.74 Å². The Morgan fingerprint density at radius 1 is 1.07 bits per heavy atom. The topological polar surface area (TPSA) is 9.23 Å². The van der Waals surface area contributed by atoms with Gasteiger partial charge in [-0.25, -0.2) is 0 Å². The van der Waals surface area contributed by atoms with Gasteiger partial charge in [-0.15, -0.1) is 0 Å². The van der Waals surface area contributed by atoms with Gasteiger partial charge in [-0.1, -0.05) is 45.1 Å². The summed E-state index contributed by atoms with van der Waals surface area (Å²) in [5.41, 5.74) is 0. The van der Waals surface area contributed by atoms with E-state index < -0.39 is 0 Å². The normalized spacial score (nSPS) is 13.4. The summed E-state index contributed by atoms with van der Waals surface area (Å²) < 4.78 is 5.44. The molecule has 1 heteroatoms. The predicted molar refractivity (Wildman–Crippen MR) is 63.4 cm³/mol. The van der Waals surface area contributed by atoms with Gasteiger partial charge < -0.3 is 4.74 Å². The highest BCUT2D eigenvalue weighted by Gasteiger charge is 1.99. The van der Waals surface area contributed by atoms with Crippen molar-refractivity contribution in [3.63, 3.8) is 0 Å². The monoisotopic (exact) mass is 198 g/mol. The molecule has 0 aliphatic carbocycles. The number of allylic oxidation sites excluding steroid dienone is 1. The summed E-state index contributed by atoms with van der Waals surface area (Å²) in [5, 5.41) is 0. The Morgan fingerprint density at radius 3 is 2.36 bits per heavy atom. The highest BCUT2D eigenvalue weighted by atomic mass is 16.5. The lowest BCUT2D eigenvalue weighted by Gasteiger charge is -2.10. The van der Waals surface area contributed by atoms with Crippen molar-refractivity contribution in [3.05, 3.63) is 12.3 Å². The first-order chi connectivity index (χ1) is 6.81. The second kappa shape index (κ2) is 10.6. The fraction of sp³-hybridized carbons (Fsp3) is 0.846. The van der Waals surface area contributed by atoms with E-state index in [1.165, 1.54) is 44.9 Å². The van der Waals surface area contributed by atoms with Gasteiger partial charge in [-0.2, -0.15) is 0 Å². The van der Waals surface area contributed by atoms with Crippen LogP contribution < -0.4 is 0 Å². The average Bonchev–Trinajstić information content (AvgIpc) is 2.20. The lowest BCUT2D eigenvalue weighted by atomic mass is 10.1. The lowest BCUT2D eigenvalue weighted by molar-refractivity contribution is 0.149. The van der Waals surface area contributed by atoms with Crippen molar-refractivity contribution in [2.45, 2.75) is 71.8 Å². The summed E-state index contributed by atoms with van der Waals surface area (Å²) in [4.78, 5) is 0. The van der Waals surface area contributed by atoms with Gasteiger partial charge in [-0.05, 0) is 26.7 Å². The third kappa shape index (κ3) is 9.63. The Kier molecular flexibility index (Phi) is 10.3. The molecule has 1 atom stereocenters. The van der Waals surface area contributed by atoms with Crippen molar-refractivity contribution in [1.29, 1.82) is 0 Å². The molecule has 0 rings (SSSR count). The largest absolute Gasteiger partial charge is 0.499 e. The van der Waals surface area contributed by atoms with E-state index >= 15 is 0 Å². The van der Waals surface area contributed by atoms with Crippen molar-refractivity contribution in [2.24, 2.45) is 0 Å². The number of unbranched alkanes of at least 4 members (excludes halogenated alkanes) is 5. The van der Waals surface area contributed by atoms with E-state index in [0.717, 1.165) is 0 Å². The number of hydrogen-bond acceptors (Lipinski definition) is 1. The van der Waals surface area contributed by atoms with E-state index in [-0.39, 0.29) is 0 Å². The molecule has 0 aromatic heterocycles. The highest BCUT2D eigenvalue weighted by Crippen LogP contribution is 2.10.